The predicted molar refractivity (Wildman–Crippen MR) is 101 cm³/mol. The zero-order valence-electron chi connectivity index (χ0n) is 17.6. The van der Waals surface area contributed by atoms with E-state index in [0.29, 0.717) is 38.8 Å². The summed E-state index contributed by atoms with van der Waals surface area (Å²) in [6.07, 6.45) is 2.23. The van der Waals surface area contributed by atoms with Gasteiger partial charge in [0.05, 0.1) is 25.0 Å². The van der Waals surface area contributed by atoms with Crippen molar-refractivity contribution in [3.63, 3.8) is 0 Å². The van der Waals surface area contributed by atoms with Crippen LogP contribution in [0.5, 0.6) is 0 Å². The molecule has 19 nitrogen and oxygen atoms in total. The van der Waals surface area contributed by atoms with E-state index in [1.807, 2.05) is 0 Å². The Kier molecular flexibility index (Phi) is 34.7. The van der Waals surface area contributed by atoms with Gasteiger partial charge in [0, 0.05) is 12.8 Å². The number of quaternary nitrogens is 2. The number of carbonyl (C=O) groups excluding carboxylic acids is 2. The van der Waals surface area contributed by atoms with E-state index in [1.54, 1.807) is 0 Å². The van der Waals surface area contributed by atoms with Gasteiger partial charge in [-0.15, -0.1) is 0 Å². The topological polar surface area (TPSA) is 420 Å². The van der Waals surface area contributed by atoms with Crippen LogP contribution in [0.1, 0.15) is 25.7 Å². The van der Waals surface area contributed by atoms with E-state index in [4.69, 9.17) is 47.4 Å². The van der Waals surface area contributed by atoms with Crippen LogP contribution in [-0.4, -0.2) is 91.9 Å². The van der Waals surface area contributed by atoms with Gasteiger partial charge in [-0.3, -0.25) is 32.9 Å². The molecule has 0 amide bonds. The fourth-order valence-electron chi connectivity index (χ4n) is 1.40. The summed E-state index contributed by atoms with van der Waals surface area (Å²) in [6, 6.07) is -1.32. The molecule has 0 aromatic rings. The summed E-state index contributed by atoms with van der Waals surface area (Å²) in [5.41, 5.74) is 27.2. The molecule has 0 spiro atoms. The summed E-state index contributed by atoms with van der Waals surface area (Å²) in [5.74, 6) is -1.97. The number of rotatable bonds is 10. The first-order valence-corrected chi connectivity index (χ1v) is 12.8. The van der Waals surface area contributed by atoms with Gasteiger partial charge in [-0.2, -0.15) is 0 Å². The molecular formula is C12H34N8O11Se2. The maximum atomic E-state index is 10.2. The predicted octanol–water partition coefficient (Wildman–Crippen LogP) is -16.4. The maximum absolute atomic E-state index is 10.2. The Morgan fingerprint density at radius 2 is 1.00 bits per heavy atom. The number of carbonyl (C=O) groups is 2. The van der Waals surface area contributed by atoms with Crippen molar-refractivity contribution in [2.75, 3.05) is 13.1 Å². The fourth-order valence-corrected chi connectivity index (χ4v) is 1.40. The number of carboxylic acid groups (broad SMARTS) is 2. The molecule has 0 heterocycles. The van der Waals surface area contributed by atoms with Gasteiger partial charge < -0.3 is 36.7 Å². The number of aliphatic carboxylic acids is 2. The van der Waals surface area contributed by atoms with Crippen molar-refractivity contribution < 1.29 is 71.2 Å². The van der Waals surface area contributed by atoms with Crippen LogP contribution in [0.3, 0.4) is 0 Å². The van der Waals surface area contributed by atoms with E-state index in [2.05, 4.69) is 21.5 Å². The normalized spacial score (nSPS) is 12.5. The molecule has 0 saturated carbocycles. The minimum atomic E-state index is -3.54. The molecule has 0 radical (unpaired) electrons. The summed E-state index contributed by atoms with van der Waals surface area (Å²) in [6.45, 7) is 1.11. The molecule has 0 saturated heterocycles. The Hall–Kier alpha value is -2.16. The second-order valence-electron chi connectivity index (χ2n) is 5.51. The Labute approximate surface area is 197 Å². The van der Waals surface area contributed by atoms with E-state index in [0.717, 1.165) is 0 Å². The number of carboxylic acids is 2. The van der Waals surface area contributed by atoms with Crippen LogP contribution >= 0.6 is 0 Å². The van der Waals surface area contributed by atoms with Crippen LogP contribution in [0.4, 0.5) is 0 Å². The van der Waals surface area contributed by atoms with Gasteiger partial charge in [-0.1, -0.05) is 0 Å². The fraction of sp³-hybridized carbons (Fsp3) is 0.667. The van der Waals surface area contributed by atoms with E-state index in [9.17, 15) is 19.8 Å². The Balaban J connectivity index is -0.000000117. The van der Waals surface area contributed by atoms with Crippen molar-refractivity contribution in [1.29, 1.82) is 0 Å². The van der Waals surface area contributed by atoms with Crippen LogP contribution < -0.4 is 63.0 Å². The zero-order chi connectivity index (χ0) is 26.3. The molecule has 0 fully saturated rings. The van der Waals surface area contributed by atoms with Crippen LogP contribution in [0, 0.1) is 0 Å². The number of nitrogens with two attached hydrogens (primary N) is 4. The molecule has 0 aromatic heterocycles. The molecule has 4 atom stereocenters. The monoisotopic (exact) mass is 626 g/mol. The molecular weight excluding hydrogens is 590 g/mol. The molecule has 21 heteroatoms. The van der Waals surface area contributed by atoms with Crippen molar-refractivity contribution in [2.45, 2.75) is 37.8 Å². The molecule has 0 aliphatic heterocycles. The Morgan fingerprint density at radius 3 is 1.15 bits per heavy atom. The van der Waals surface area contributed by atoms with Gasteiger partial charge in [0.25, 0.3) is 0 Å². The van der Waals surface area contributed by atoms with Crippen molar-refractivity contribution >= 4 is 52.8 Å². The molecule has 33 heavy (non-hydrogen) atoms. The van der Waals surface area contributed by atoms with Crippen LogP contribution in [-0.2, 0) is 17.3 Å². The average Bonchev–Trinajstić information content (AvgIpc) is 2.61. The first kappa shape index (κ1) is 41.1. The minimum absolute atomic E-state index is 0. The van der Waals surface area contributed by atoms with E-state index >= 15 is 0 Å². The van der Waals surface area contributed by atoms with Gasteiger partial charge >= 0.3 is 65.3 Å². The van der Waals surface area contributed by atoms with Crippen LogP contribution in [0.2, 0.25) is 0 Å². The summed E-state index contributed by atoms with van der Waals surface area (Å²) < 4.78 is 48.8. The molecule has 0 aromatic carbocycles. The third-order valence-corrected chi connectivity index (χ3v) is 2.78. The second kappa shape index (κ2) is 27.9. The van der Waals surface area contributed by atoms with Crippen LogP contribution in [0.15, 0.2) is 0 Å². The van der Waals surface area contributed by atoms with Crippen molar-refractivity contribution in [3.8, 4) is 0 Å². The van der Waals surface area contributed by atoms with Crippen molar-refractivity contribution in [3.05, 3.63) is 0 Å². The second-order valence-corrected chi connectivity index (χ2v) is 7.34. The van der Waals surface area contributed by atoms with Gasteiger partial charge in [-0.05, 0) is 12.8 Å². The zero-order valence-corrected chi connectivity index (χ0v) is 21.0. The van der Waals surface area contributed by atoms with Crippen LogP contribution in [0.25, 0.3) is 0 Å². The molecule has 0 aliphatic rings. The molecule has 0 aliphatic carbocycles. The SMILES string of the molecule is NC(N)=[NH+]CCC[C@H]([NH3+])C(=O)[O-].NC(N)=[NH+]CCC[C@H]([NH3+])C(=O)[O-].O.O=[Se]([O-])O.O=[Se]([O-])O. The summed E-state index contributed by atoms with van der Waals surface area (Å²) >= 11 is -7.08. The van der Waals surface area contributed by atoms with E-state index in [-0.39, 0.29) is 17.4 Å². The number of hydrogen-bond donors (Lipinski definition) is 10. The number of nitrogens with one attached hydrogen (secondary N) is 2. The molecule has 2 unspecified atom stereocenters. The standard InChI is InChI=1S/2C6H14N4O2.2H2O3Se.H2O/c2*7-4(5(11)12)2-1-3-10-6(8)9;2*1-4(2)3;/h2*4H,1-3,7H2,(H,11,12)(H4,8,9,10);2*(H2,1,2,3);1H2/t2*4-;;;/m00.../s1. The van der Waals surface area contributed by atoms with Crippen molar-refractivity contribution in [1.82, 2.24) is 0 Å². The first-order chi connectivity index (χ1) is 14.5. The summed E-state index contributed by atoms with van der Waals surface area (Å²) in [5, 5.41) is 20.4. The molecule has 20 N–H and O–H groups in total. The quantitative estimate of drug-likeness (QED) is 0.0467. The first-order valence-electron chi connectivity index (χ1n) is 8.42. The van der Waals surface area contributed by atoms with E-state index < -0.39 is 53.0 Å². The van der Waals surface area contributed by atoms with Gasteiger partial charge in [0.1, 0.15) is 12.1 Å². The average molecular weight is 624 g/mol. The third kappa shape index (κ3) is 58.8. The number of hydrogen-bond acceptors (Lipinski definition) is 8. The summed E-state index contributed by atoms with van der Waals surface area (Å²) in [7, 11) is 0. The Morgan fingerprint density at radius 1 is 0.788 bits per heavy atom. The van der Waals surface area contributed by atoms with E-state index in [1.165, 1.54) is 0 Å². The van der Waals surface area contributed by atoms with Gasteiger partial charge in [-0.25, -0.2) is 0 Å². The third-order valence-electron chi connectivity index (χ3n) is 2.78. The number of guanidine groups is 2. The molecule has 0 bridgehead atoms. The van der Waals surface area contributed by atoms with Gasteiger partial charge in [0.2, 0.25) is 0 Å². The molecule has 0 rings (SSSR count). The van der Waals surface area contributed by atoms with Crippen molar-refractivity contribution in [2.24, 2.45) is 22.9 Å². The summed E-state index contributed by atoms with van der Waals surface area (Å²) in [4.78, 5) is 25.7. The Bertz CT molecular complexity index is 556. The van der Waals surface area contributed by atoms with Gasteiger partial charge in [0.15, 0.2) is 0 Å². The molecule has 200 valence electrons.